The Morgan fingerprint density at radius 2 is 1.48 bits per heavy atom. The van der Waals surface area contributed by atoms with Gasteiger partial charge in [0.1, 0.15) is 11.7 Å². The third-order valence-corrected chi connectivity index (χ3v) is 4.53. The molecule has 0 aliphatic heterocycles. The van der Waals surface area contributed by atoms with E-state index in [0.717, 1.165) is 11.4 Å². The predicted molar refractivity (Wildman–Crippen MR) is 118 cm³/mol. The van der Waals surface area contributed by atoms with Crippen LogP contribution >= 0.6 is 0 Å². The van der Waals surface area contributed by atoms with E-state index in [-0.39, 0.29) is 13.0 Å². The summed E-state index contributed by atoms with van der Waals surface area (Å²) in [5, 5.41) is 16.6. The molecule has 7 nitrogen and oxygen atoms in total. The second kappa shape index (κ2) is 10.4. The Balaban J connectivity index is 1.59. The smallest absolute Gasteiger partial charge is 0.316 e. The molecule has 0 N–H and O–H groups in total. The predicted octanol–water partition coefficient (Wildman–Crippen LogP) is 6.57. The molecule has 1 aliphatic carbocycles. The van der Waals surface area contributed by atoms with Crippen molar-refractivity contribution in [1.82, 2.24) is 0 Å². The van der Waals surface area contributed by atoms with Crippen LogP contribution in [0.5, 0.6) is 0 Å². The van der Waals surface area contributed by atoms with Gasteiger partial charge < -0.3 is 9.64 Å². The first-order valence-corrected chi connectivity index (χ1v) is 9.91. The molecule has 0 amide bonds. The van der Waals surface area contributed by atoms with Gasteiger partial charge in [-0.15, -0.1) is 0 Å². The lowest BCUT2D eigenvalue weighted by Gasteiger charge is -2.15. The van der Waals surface area contributed by atoms with Crippen LogP contribution in [-0.2, 0) is 9.53 Å². The van der Waals surface area contributed by atoms with Gasteiger partial charge in [-0.3, -0.25) is 4.79 Å². The van der Waals surface area contributed by atoms with E-state index in [1.54, 1.807) is 37.3 Å². The lowest BCUT2D eigenvalue weighted by atomic mass is 9.98. The summed E-state index contributed by atoms with van der Waals surface area (Å²) in [6, 6.07) is 14.8. The number of rotatable bonds is 7. The quantitative estimate of drug-likeness (QED) is 0.374. The van der Waals surface area contributed by atoms with Crippen LogP contribution in [0.4, 0.5) is 27.1 Å². The highest BCUT2D eigenvalue weighted by Gasteiger charge is 2.26. The molecular weight excluding hydrogens is 397 g/mol. The minimum Gasteiger partial charge on any atom is -0.465 e. The SMILES string of the molecule is CCOC(=O)C1CC=C(/N=N/c2ccc(/N=N/c3ccc(N(C)C)cc3)cc2)C=C1F. The Labute approximate surface area is 180 Å². The Hall–Kier alpha value is -3.68. The molecule has 0 fully saturated rings. The second-order valence-electron chi connectivity index (χ2n) is 7.03. The van der Waals surface area contributed by atoms with Crippen LogP contribution in [0.1, 0.15) is 13.3 Å². The molecule has 2 aromatic carbocycles. The number of hydrogen-bond donors (Lipinski definition) is 0. The van der Waals surface area contributed by atoms with Crippen molar-refractivity contribution in [2.75, 3.05) is 25.6 Å². The number of anilines is 1. The van der Waals surface area contributed by atoms with Gasteiger partial charge in [0, 0.05) is 19.8 Å². The van der Waals surface area contributed by atoms with Gasteiger partial charge in [0.05, 0.1) is 29.4 Å². The number of allylic oxidation sites excluding steroid dienone is 2. The van der Waals surface area contributed by atoms with E-state index in [2.05, 4.69) is 20.5 Å². The van der Waals surface area contributed by atoms with Crippen molar-refractivity contribution in [2.45, 2.75) is 13.3 Å². The Bertz CT molecular complexity index is 1020. The van der Waals surface area contributed by atoms with E-state index >= 15 is 0 Å². The van der Waals surface area contributed by atoms with Crippen molar-refractivity contribution in [3.8, 4) is 0 Å². The summed E-state index contributed by atoms with van der Waals surface area (Å²) in [6.45, 7) is 1.91. The molecule has 1 atom stereocenters. The Kier molecular flexibility index (Phi) is 7.37. The number of benzene rings is 2. The third kappa shape index (κ3) is 6.15. The number of halogens is 1. The zero-order valence-corrected chi connectivity index (χ0v) is 17.7. The largest absolute Gasteiger partial charge is 0.465 e. The van der Waals surface area contributed by atoms with E-state index in [0.29, 0.717) is 17.1 Å². The molecule has 0 radical (unpaired) electrons. The number of carbonyl (C=O) groups excluding carboxylic acids is 1. The van der Waals surface area contributed by atoms with E-state index in [4.69, 9.17) is 4.74 Å². The lowest BCUT2D eigenvalue weighted by molar-refractivity contribution is -0.147. The highest BCUT2D eigenvalue weighted by molar-refractivity contribution is 5.76. The minimum absolute atomic E-state index is 0.199. The van der Waals surface area contributed by atoms with Crippen molar-refractivity contribution in [3.63, 3.8) is 0 Å². The fourth-order valence-corrected chi connectivity index (χ4v) is 2.81. The zero-order chi connectivity index (χ0) is 22.2. The lowest BCUT2D eigenvalue weighted by Crippen LogP contribution is -2.19. The van der Waals surface area contributed by atoms with Crippen molar-refractivity contribution in [3.05, 3.63) is 72.2 Å². The standard InChI is InChI=1S/C23H24FN5O2/c1-4-31-23(30)21-14-11-19(15-22(21)24)28-27-17-7-5-16(6-8-17)25-26-18-9-12-20(13-10-18)29(2)3/h5-13,15,21H,4,14H2,1-3H3/b26-25+,28-27+. The van der Waals surface area contributed by atoms with Gasteiger partial charge in [0.2, 0.25) is 0 Å². The van der Waals surface area contributed by atoms with Crippen LogP contribution in [0.3, 0.4) is 0 Å². The summed E-state index contributed by atoms with van der Waals surface area (Å²) in [5.41, 5.74) is 3.48. The summed E-state index contributed by atoms with van der Waals surface area (Å²) < 4.78 is 19.0. The molecule has 0 heterocycles. The van der Waals surface area contributed by atoms with Crippen molar-refractivity contribution in [1.29, 1.82) is 0 Å². The maximum Gasteiger partial charge on any atom is 0.316 e. The van der Waals surface area contributed by atoms with Crippen LogP contribution in [0.15, 0.2) is 92.7 Å². The monoisotopic (exact) mass is 421 g/mol. The number of hydrogen-bond acceptors (Lipinski definition) is 7. The summed E-state index contributed by atoms with van der Waals surface area (Å²) in [6.07, 6.45) is 3.07. The van der Waals surface area contributed by atoms with Crippen LogP contribution in [0, 0.1) is 5.92 Å². The van der Waals surface area contributed by atoms with Crippen LogP contribution in [0.2, 0.25) is 0 Å². The molecule has 0 saturated heterocycles. The molecule has 1 unspecified atom stereocenters. The second-order valence-corrected chi connectivity index (χ2v) is 7.03. The first kappa shape index (κ1) is 22.0. The van der Waals surface area contributed by atoms with E-state index in [1.807, 2.05) is 43.3 Å². The van der Waals surface area contributed by atoms with Gasteiger partial charge in [-0.1, -0.05) is 6.08 Å². The highest BCUT2D eigenvalue weighted by atomic mass is 19.1. The Morgan fingerprint density at radius 1 is 0.968 bits per heavy atom. The third-order valence-electron chi connectivity index (χ3n) is 4.53. The number of ether oxygens (including phenoxy) is 1. The van der Waals surface area contributed by atoms with E-state index in [1.165, 1.54) is 6.08 Å². The highest BCUT2D eigenvalue weighted by Crippen LogP contribution is 2.28. The van der Waals surface area contributed by atoms with Crippen LogP contribution in [0.25, 0.3) is 0 Å². The zero-order valence-electron chi connectivity index (χ0n) is 17.7. The molecule has 0 spiro atoms. The first-order valence-electron chi connectivity index (χ1n) is 9.91. The van der Waals surface area contributed by atoms with Gasteiger partial charge in [0.15, 0.2) is 0 Å². The molecule has 3 rings (SSSR count). The topological polar surface area (TPSA) is 79.0 Å². The molecule has 8 heteroatoms. The van der Waals surface area contributed by atoms with Crippen molar-refractivity contribution in [2.24, 2.45) is 26.4 Å². The summed E-state index contributed by atoms with van der Waals surface area (Å²) in [5.74, 6) is -2.03. The molecule has 31 heavy (non-hydrogen) atoms. The molecule has 0 bridgehead atoms. The fourth-order valence-electron chi connectivity index (χ4n) is 2.81. The van der Waals surface area contributed by atoms with E-state index in [9.17, 15) is 9.18 Å². The van der Waals surface area contributed by atoms with Gasteiger partial charge in [-0.05, 0) is 68.0 Å². The minimum atomic E-state index is -0.900. The maximum atomic E-state index is 14.1. The summed E-state index contributed by atoms with van der Waals surface area (Å²) in [4.78, 5) is 13.7. The molecule has 0 saturated carbocycles. The molecule has 160 valence electrons. The average molecular weight is 421 g/mol. The molecule has 1 aliphatic rings. The number of nitrogens with zero attached hydrogens (tertiary/aromatic N) is 5. The number of azo groups is 2. The van der Waals surface area contributed by atoms with Crippen molar-refractivity contribution < 1.29 is 13.9 Å². The van der Waals surface area contributed by atoms with Gasteiger partial charge in [-0.25, -0.2) is 4.39 Å². The maximum absolute atomic E-state index is 14.1. The van der Waals surface area contributed by atoms with Crippen molar-refractivity contribution >= 4 is 28.7 Å². The number of esters is 1. The number of carbonyl (C=O) groups is 1. The van der Waals surface area contributed by atoms with E-state index < -0.39 is 17.7 Å². The van der Waals surface area contributed by atoms with Crippen LogP contribution in [-0.4, -0.2) is 26.7 Å². The fraction of sp³-hybridized carbons (Fsp3) is 0.261. The molecular formula is C23H24FN5O2. The molecule has 0 aromatic heterocycles. The normalized spacial score (nSPS) is 16.3. The van der Waals surface area contributed by atoms with Crippen LogP contribution < -0.4 is 4.90 Å². The van der Waals surface area contributed by atoms with Gasteiger partial charge >= 0.3 is 5.97 Å². The summed E-state index contributed by atoms with van der Waals surface area (Å²) in [7, 11) is 3.96. The Morgan fingerprint density at radius 3 is 1.97 bits per heavy atom. The average Bonchev–Trinajstić information content (AvgIpc) is 2.77. The van der Waals surface area contributed by atoms with Gasteiger partial charge in [-0.2, -0.15) is 20.5 Å². The molecule has 2 aromatic rings. The summed E-state index contributed by atoms with van der Waals surface area (Å²) >= 11 is 0. The van der Waals surface area contributed by atoms with Gasteiger partial charge in [0.25, 0.3) is 0 Å². The first-order chi connectivity index (χ1) is 15.0.